The van der Waals surface area contributed by atoms with E-state index in [4.69, 9.17) is 0 Å². The van der Waals surface area contributed by atoms with E-state index in [1.54, 1.807) is 34.9 Å². The van der Waals surface area contributed by atoms with Gasteiger partial charge in [0.2, 0.25) is 0 Å². The highest BCUT2D eigenvalue weighted by Crippen LogP contribution is 2.12. The summed E-state index contributed by atoms with van der Waals surface area (Å²) >= 11 is 0. The molecule has 0 aliphatic heterocycles. The minimum atomic E-state index is 0.473. The molecule has 1 aromatic heterocycles. The van der Waals surface area contributed by atoms with Gasteiger partial charge in [-0.1, -0.05) is 0 Å². The van der Waals surface area contributed by atoms with Crippen molar-refractivity contribution in [3.63, 3.8) is 0 Å². The zero-order valence-electron chi connectivity index (χ0n) is 9.30. The Balaban J connectivity index is 3.39. The molecular weight excluding hydrogens is 192 g/mol. The summed E-state index contributed by atoms with van der Waals surface area (Å²) in [5.41, 5.74) is 0. The van der Waals surface area contributed by atoms with E-state index >= 15 is 0 Å². The molecule has 1 heterocycles. The first-order chi connectivity index (χ1) is 6.91. The molecule has 0 aliphatic carbocycles. The smallest absolute Gasteiger partial charge is 0.242 e. The summed E-state index contributed by atoms with van der Waals surface area (Å²) in [4.78, 5) is 12.5. The second-order valence-electron chi connectivity index (χ2n) is 3.33. The fourth-order valence-corrected chi connectivity index (χ4v) is 0.855. The van der Waals surface area contributed by atoms with Crippen LogP contribution >= 0.6 is 0 Å². The largest absolute Gasteiger partial charge is 0.444 e. The summed E-state index contributed by atoms with van der Waals surface area (Å²) in [5.74, 6) is 1.42. The molecule has 0 fully saturated rings. The third-order valence-corrected chi connectivity index (χ3v) is 1.62. The topological polar surface area (TPSA) is 47.7 Å². The van der Waals surface area contributed by atoms with Crippen molar-refractivity contribution in [2.45, 2.75) is 0 Å². The first-order valence-electron chi connectivity index (χ1n) is 4.30. The molecule has 0 aliphatic rings. The Morgan fingerprint density at radius 2 is 0.867 bits per heavy atom. The summed E-state index contributed by atoms with van der Waals surface area (Å²) in [7, 11) is 5.28. The maximum atomic E-state index is 4.16. The standard InChI is InChI=1S/C9H15N6/c1-13(2)7-10-8(14(3)4)12-9(11-7)15(5)6/h1,3,5H2,2,4,6H3/q+3. The van der Waals surface area contributed by atoms with Gasteiger partial charge in [0.15, 0.2) is 0 Å². The van der Waals surface area contributed by atoms with Crippen molar-refractivity contribution < 1.29 is 13.7 Å². The van der Waals surface area contributed by atoms with E-state index in [-0.39, 0.29) is 0 Å². The Morgan fingerprint density at radius 3 is 1.00 bits per heavy atom. The van der Waals surface area contributed by atoms with Gasteiger partial charge in [0.05, 0.1) is 21.1 Å². The van der Waals surface area contributed by atoms with Gasteiger partial charge in [-0.3, -0.25) is 0 Å². The molecule has 78 valence electrons. The van der Waals surface area contributed by atoms with Gasteiger partial charge in [0.25, 0.3) is 0 Å². The number of rotatable bonds is 3. The molecule has 0 amide bonds. The number of aromatic nitrogens is 3. The zero-order valence-corrected chi connectivity index (χ0v) is 9.30. The highest BCUT2D eigenvalue weighted by molar-refractivity contribution is 5.29. The first-order valence-corrected chi connectivity index (χ1v) is 4.30. The maximum absolute atomic E-state index is 4.16. The third-order valence-electron chi connectivity index (χ3n) is 1.62. The molecule has 6 nitrogen and oxygen atoms in total. The van der Waals surface area contributed by atoms with Crippen LogP contribution in [0.1, 0.15) is 0 Å². The van der Waals surface area contributed by atoms with Gasteiger partial charge in [-0.15, -0.1) is 0 Å². The Bertz CT molecular complexity index is 369. The summed E-state index contributed by atoms with van der Waals surface area (Å²) in [6.45, 7) is 11.1. The van der Waals surface area contributed by atoms with E-state index in [1.165, 1.54) is 0 Å². The maximum Gasteiger partial charge on any atom is 0.444 e. The van der Waals surface area contributed by atoms with Crippen LogP contribution < -0.4 is 0 Å². The van der Waals surface area contributed by atoms with E-state index in [9.17, 15) is 0 Å². The van der Waals surface area contributed by atoms with Gasteiger partial charge >= 0.3 is 17.8 Å². The van der Waals surface area contributed by atoms with Gasteiger partial charge in [0, 0.05) is 35.1 Å². The van der Waals surface area contributed by atoms with Gasteiger partial charge in [-0.2, -0.15) is 0 Å². The molecule has 0 bridgehead atoms. The van der Waals surface area contributed by atoms with Gasteiger partial charge in [-0.25, -0.2) is 13.7 Å². The predicted molar refractivity (Wildman–Crippen MR) is 58.7 cm³/mol. The van der Waals surface area contributed by atoms with Crippen LogP contribution in [0.25, 0.3) is 0 Å². The summed E-state index contributed by atoms with van der Waals surface area (Å²) < 4.78 is 4.67. The minimum absolute atomic E-state index is 0.473. The van der Waals surface area contributed by atoms with E-state index < -0.39 is 0 Å². The van der Waals surface area contributed by atoms with Crippen molar-refractivity contribution in [1.82, 2.24) is 15.0 Å². The van der Waals surface area contributed by atoms with Crippen LogP contribution in [0.15, 0.2) is 0 Å². The molecule has 0 aromatic carbocycles. The zero-order chi connectivity index (χ0) is 11.6. The Kier molecular flexibility index (Phi) is 2.99. The quantitative estimate of drug-likeness (QED) is 0.509. The Hall–Kier alpha value is -1.98. The summed E-state index contributed by atoms with van der Waals surface area (Å²) in [6, 6.07) is 0. The van der Waals surface area contributed by atoms with Crippen LogP contribution in [-0.4, -0.2) is 70.0 Å². The normalized spacial score (nSPS) is 9.80. The predicted octanol–water partition coefficient (Wildman–Crippen LogP) is -0.205. The number of hydrogen-bond acceptors (Lipinski definition) is 3. The molecule has 6 heteroatoms. The number of hydrogen-bond donors (Lipinski definition) is 0. The second-order valence-corrected chi connectivity index (χ2v) is 3.33. The molecule has 0 N–H and O–H groups in total. The van der Waals surface area contributed by atoms with E-state index in [2.05, 4.69) is 35.1 Å². The minimum Gasteiger partial charge on any atom is -0.242 e. The fourth-order valence-electron chi connectivity index (χ4n) is 0.855. The number of nitrogens with zero attached hydrogens (tertiary/aromatic N) is 6. The second kappa shape index (κ2) is 4.04. The van der Waals surface area contributed by atoms with Gasteiger partial charge < -0.3 is 0 Å². The molecule has 0 unspecified atom stereocenters. The fraction of sp³-hybridized carbons (Fsp3) is 0.333. The van der Waals surface area contributed by atoms with Gasteiger partial charge in [0.1, 0.15) is 0 Å². The van der Waals surface area contributed by atoms with Crippen LogP contribution in [0.4, 0.5) is 17.8 Å². The van der Waals surface area contributed by atoms with Crippen molar-refractivity contribution in [2.75, 3.05) is 21.1 Å². The molecule has 0 spiro atoms. The van der Waals surface area contributed by atoms with Crippen molar-refractivity contribution in [3.05, 3.63) is 0 Å². The molecule has 0 radical (unpaired) electrons. The average Bonchev–Trinajstić information content (AvgIpc) is 2.16. The lowest BCUT2D eigenvalue weighted by Crippen LogP contribution is -2.09. The summed E-state index contributed by atoms with van der Waals surface area (Å²) in [5, 5.41) is 0. The SMILES string of the molecule is C=[N+](C)c1nc([N+](=C)C)nc([N+](=C)C)n1. The lowest BCUT2D eigenvalue weighted by atomic mass is 10.7. The van der Waals surface area contributed by atoms with Crippen molar-refractivity contribution >= 4 is 38.0 Å². The first kappa shape index (κ1) is 11.1. The molecule has 15 heavy (non-hydrogen) atoms. The molecular formula is C9H15N6+3. The van der Waals surface area contributed by atoms with E-state index in [0.29, 0.717) is 17.8 Å². The highest BCUT2D eigenvalue weighted by atomic mass is 15.3. The van der Waals surface area contributed by atoms with E-state index in [1.807, 2.05) is 0 Å². The molecule has 0 saturated heterocycles. The van der Waals surface area contributed by atoms with Crippen molar-refractivity contribution in [2.24, 2.45) is 0 Å². The molecule has 1 aromatic rings. The van der Waals surface area contributed by atoms with Crippen molar-refractivity contribution in [1.29, 1.82) is 0 Å². The molecule has 0 saturated carbocycles. The lowest BCUT2D eigenvalue weighted by Gasteiger charge is -1.95. The molecule has 0 atom stereocenters. The van der Waals surface area contributed by atoms with Gasteiger partial charge in [-0.05, 0) is 0 Å². The average molecular weight is 207 g/mol. The van der Waals surface area contributed by atoms with E-state index in [0.717, 1.165) is 0 Å². The van der Waals surface area contributed by atoms with Crippen LogP contribution in [0.2, 0.25) is 0 Å². The molecule has 1 rings (SSSR count). The summed E-state index contributed by atoms with van der Waals surface area (Å²) in [6.07, 6.45) is 0. The van der Waals surface area contributed by atoms with Crippen LogP contribution in [0.5, 0.6) is 0 Å². The van der Waals surface area contributed by atoms with Crippen molar-refractivity contribution in [3.8, 4) is 0 Å². The monoisotopic (exact) mass is 207 g/mol. The van der Waals surface area contributed by atoms with Crippen LogP contribution in [0, 0.1) is 0 Å². The Labute approximate surface area is 88.6 Å². The van der Waals surface area contributed by atoms with Crippen LogP contribution in [0.3, 0.4) is 0 Å². The third kappa shape index (κ3) is 2.49. The van der Waals surface area contributed by atoms with Crippen LogP contribution in [-0.2, 0) is 0 Å². The highest BCUT2D eigenvalue weighted by Gasteiger charge is 2.22. The lowest BCUT2D eigenvalue weighted by molar-refractivity contribution is -0.431. The Morgan fingerprint density at radius 1 is 0.667 bits per heavy atom.